The molecular weight excluding hydrogens is 363 g/mol. The van der Waals surface area contributed by atoms with Gasteiger partial charge in [-0.25, -0.2) is 4.39 Å². The van der Waals surface area contributed by atoms with Gasteiger partial charge in [-0.3, -0.25) is 4.79 Å². The van der Waals surface area contributed by atoms with Crippen molar-refractivity contribution in [3.05, 3.63) is 54.3 Å². The van der Waals surface area contributed by atoms with Gasteiger partial charge in [0.25, 0.3) is 0 Å². The van der Waals surface area contributed by atoms with Crippen LogP contribution in [-0.2, 0) is 4.79 Å². The number of nitrogens with one attached hydrogen (secondary N) is 1. The number of carbonyl (C=O) groups excluding carboxylic acids is 1. The van der Waals surface area contributed by atoms with Gasteiger partial charge in [-0.05, 0) is 73.6 Å². The van der Waals surface area contributed by atoms with Crippen molar-refractivity contribution < 1.29 is 9.18 Å². The first-order valence-corrected chi connectivity index (χ1v) is 10.8. The van der Waals surface area contributed by atoms with Gasteiger partial charge in [-0.15, -0.1) is 0 Å². The van der Waals surface area contributed by atoms with Crippen LogP contribution in [0, 0.1) is 11.7 Å². The molecule has 3 aromatic rings. The fourth-order valence-electron chi connectivity index (χ4n) is 4.37. The zero-order chi connectivity index (χ0) is 20.2. The van der Waals surface area contributed by atoms with Crippen LogP contribution in [-0.4, -0.2) is 23.9 Å². The summed E-state index contributed by atoms with van der Waals surface area (Å²) in [5.41, 5.74) is 4.34. The minimum Gasteiger partial charge on any atom is -0.371 e. The van der Waals surface area contributed by atoms with Crippen LogP contribution in [0.5, 0.6) is 0 Å². The van der Waals surface area contributed by atoms with Gasteiger partial charge in [-0.2, -0.15) is 0 Å². The fraction of sp³-hybridized carbons (Fsp3) is 0.400. The van der Waals surface area contributed by atoms with Crippen LogP contribution in [0.3, 0.4) is 0 Å². The van der Waals surface area contributed by atoms with Crippen molar-refractivity contribution >= 4 is 22.4 Å². The number of ketones is 1. The average molecular weight is 393 g/mol. The summed E-state index contributed by atoms with van der Waals surface area (Å²) in [5, 5.41) is 0.896. The largest absolute Gasteiger partial charge is 0.371 e. The highest BCUT2D eigenvalue weighted by Gasteiger charge is 2.20. The van der Waals surface area contributed by atoms with Gasteiger partial charge in [-0.1, -0.05) is 19.1 Å². The maximum absolute atomic E-state index is 13.5. The summed E-state index contributed by atoms with van der Waals surface area (Å²) in [6.45, 7) is 4.07. The lowest BCUT2D eigenvalue weighted by Gasteiger charge is -2.34. The molecule has 0 saturated carbocycles. The van der Waals surface area contributed by atoms with Crippen LogP contribution in [0.25, 0.3) is 22.2 Å². The highest BCUT2D eigenvalue weighted by atomic mass is 19.1. The molecule has 152 valence electrons. The Labute approximate surface area is 171 Å². The fourth-order valence-corrected chi connectivity index (χ4v) is 4.37. The van der Waals surface area contributed by atoms with Gasteiger partial charge in [0.15, 0.2) is 0 Å². The third-order valence-corrected chi connectivity index (χ3v) is 6.18. The molecule has 0 bridgehead atoms. The predicted molar refractivity (Wildman–Crippen MR) is 118 cm³/mol. The Morgan fingerprint density at radius 3 is 2.76 bits per heavy atom. The van der Waals surface area contributed by atoms with E-state index in [-0.39, 0.29) is 5.82 Å². The third-order valence-electron chi connectivity index (χ3n) is 6.18. The normalized spacial score (nSPS) is 15.2. The van der Waals surface area contributed by atoms with E-state index in [0.717, 1.165) is 54.0 Å². The second kappa shape index (κ2) is 8.81. The number of carbonyl (C=O) groups is 1. The van der Waals surface area contributed by atoms with E-state index in [1.54, 1.807) is 12.1 Å². The molecule has 1 aromatic heterocycles. The highest BCUT2D eigenvalue weighted by Crippen LogP contribution is 2.31. The zero-order valence-electron chi connectivity index (χ0n) is 17.1. The van der Waals surface area contributed by atoms with Crippen LogP contribution in [0.1, 0.15) is 45.4 Å². The van der Waals surface area contributed by atoms with Crippen LogP contribution in [0.2, 0.25) is 0 Å². The highest BCUT2D eigenvalue weighted by molar-refractivity contribution is 5.86. The standard InChI is InChI=1S/C25H29FN2O/c1-2-23(29)8-3-5-18-11-13-28(14-12-18)22-7-4-6-19(16-22)25-17-20-15-21(26)9-10-24(20)27-25/h4,6-7,9-10,15-18,27H,2-3,5,8,11-14H2,1H3. The summed E-state index contributed by atoms with van der Waals surface area (Å²) in [6.07, 6.45) is 6.00. The molecule has 1 aliphatic heterocycles. The Balaban J connectivity index is 1.39. The van der Waals surface area contributed by atoms with Crippen molar-refractivity contribution in [2.24, 2.45) is 5.92 Å². The van der Waals surface area contributed by atoms with Gasteiger partial charge in [0.05, 0.1) is 0 Å². The lowest BCUT2D eigenvalue weighted by Crippen LogP contribution is -2.33. The first kappa shape index (κ1) is 19.7. The van der Waals surface area contributed by atoms with E-state index in [4.69, 9.17) is 0 Å². The number of aromatic amines is 1. The summed E-state index contributed by atoms with van der Waals surface area (Å²) in [5.74, 6) is 0.917. The Bertz CT molecular complexity index is 985. The zero-order valence-corrected chi connectivity index (χ0v) is 17.1. The second-order valence-electron chi connectivity index (χ2n) is 8.18. The molecule has 1 aliphatic rings. The van der Waals surface area contributed by atoms with Crippen molar-refractivity contribution in [2.45, 2.75) is 45.4 Å². The number of fused-ring (bicyclic) bond motifs is 1. The molecule has 0 unspecified atom stereocenters. The Hall–Kier alpha value is -2.62. The molecule has 1 saturated heterocycles. The molecule has 0 radical (unpaired) electrons. The molecule has 2 aromatic carbocycles. The minimum absolute atomic E-state index is 0.210. The number of hydrogen-bond donors (Lipinski definition) is 1. The SMILES string of the molecule is CCC(=O)CCCC1CCN(c2cccc(-c3cc4cc(F)ccc4[nH]3)c2)CC1. The summed E-state index contributed by atoms with van der Waals surface area (Å²) >= 11 is 0. The molecule has 29 heavy (non-hydrogen) atoms. The minimum atomic E-state index is -0.210. The van der Waals surface area contributed by atoms with E-state index in [1.807, 2.05) is 13.0 Å². The molecule has 2 heterocycles. The van der Waals surface area contributed by atoms with E-state index in [1.165, 1.54) is 31.0 Å². The first-order valence-electron chi connectivity index (χ1n) is 10.8. The molecular formula is C25H29FN2O. The Morgan fingerprint density at radius 2 is 1.97 bits per heavy atom. The number of hydrogen-bond acceptors (Lipinski definition) is 2. The number of halogens is 1. The summed E-state index contributed by atoms with van der Waals surface area (Å²) in [4.78, 5) is 17.3. The number of benzene rings is 2. The van der Waals surface area contributed by atoms with Crippen molar-refractivity contribution in [3.63, 3.8) is 0 Å². The molecule has 0 spiro atoms. The van der Waals surface area contributed by atoms with E-state index >= 15 is 0 Å². The number of anilines is 1. The van der Waals surface area contributed by atoms with Crippen molar-refractivity contribution in [2.75, 3.05) is 18.0 Å². The summed E-state index contributed by atoms with van der Waals surface area (Å²) < 4.78 is 13.5. The molecule has 1 fully saturated rings. The number of rotatable bonds is 7. The van der Waals surface area contributed by atoms with Gasteiger partial charge in [0.2, 0.25) is 0 Å². The van der Waals surface area contributed by atoms with Gasteiger partial charge >= 0.3 is 0 Å². The van der Waals surface area contributed by atoms with Crippen molar-refractivity contribution in [1.82, 2.24) is 4.98 Å². The lowest BCUT2D eigenvalue weighted by atomic mass is 9.90. The molecule has 4 heteroatoms. The first-order chi connectivity index (χ1) is 14.1. The molecule has 0 amide bonds. The number of H-pyrrole nitrogens is 1. The van der Waals surface area contributed by atoms with Crippen LogP contribution >= 0.6 is 0 Å². The Kier molecular flexibility index (Phi) is 5.98. The van der Waals surface area contributed by atoms with Crippen molar-refractivity contribution in [3.8, 4) is 11.3 Å². The van der Waals surface area contributed by atoms with Gasteiger partial charge in [0, 0.05) is 48.2 Å². The molecule has 0 aliphatic carbocycles. The number of nitrogens with zero attached hydrogens (tertiary/aromatic N) is 1. The smallest absolute Gasteiger partial charge is 0.132 e. The van der Waals surface area contributed by atoms with Crippen LogP contribution in [0.4, 0.5) is 10.1 Å². The second-order valence-corrected chi connectivity index (χ2v) is 8.18. The van der Waals surface area contributed by atoms with E-state index < -0.39 is 0 Å². The summed E-state index contributed by atoms with van der Waals surface area (Å²) in [6, 6.07) is 15.5. The van der Waals surface area contributed by atoms with E-state index in [9.17, 15) is 9.18 Å². The molecule has 3 nitrogen and oxygen atoms in total. The van der Waals surface area contributed by atoms with Crippen LogP contribution in [0.15, 0.2) is 48.5 Å². The maximum Gasteiger partial charge on any atom is 0.132 e. The number of aromatic nitrogens is 1. The average Bonchev–Trinajstić information content (AvgIpc) is 3.17. The molecule has 0 atom stereocenters. The third kappa shape index (κ3) is 4.69. The lowest BCUT2D eigenvalue weighted by molar-refractivity contribution is -0.118. The van der Waals surface area contributed by atoms with E-state index in [0.29, 0.717) is 12.2 Å². The summed E-state index contributed by atoms with van der Waals surface area (Å²) in [7, 11) is 0. The quantitative estimate of drug-likeness (QED) is 0.509. The van der Waals surface area contributed by atoms with Gasteiger partial charge in [0.1, 0.15) is 11.6 Å². The molecule has 4 rings (SSSR count). The van der Waals surface area contributed by atoms with Crippen molar-refractivity contribution in [1.29, 1.82) is 0 Å². The van der Waals surface area contributed by atoms with E-state index in [2.05, 4.69) is 34.1 Å². The maximum atomic E-state index is 13.5. The topological polar surface area (TPSA) is 36.1 Å². The molecule has 1 N–H and O–H groups in total. The number of piperidine rings is 1. The Morgan fingerprint density at radius 1 is 1.14 bits per heavy atom. The van der Waals surface area contributed by atoms with Gasteiger partial charge < -0.3 is 9.88 Å². The monoisotopic (exact) mass is 392 g/mol. The number of Topliss-reactive ketones (excluding diaryl/α,β-unsaturated/α-hetero) is 1. The van der Waals surface area contributed by atoms with Crippen LogP contribution < -0.4 is 4.90 Å². The predicted octanol–water partition coefficient (Wildman–Crippen LogP) is 6.34.